The lowest BCUT2D eigenvalue weighted by Gasteiger charge is -2.32. The molecule has 0 radical (unpaired) electrons. The van der Waals surface area contributed by atoms with Crippen LogP contribution in [0.4, 0.5) is 0 Å². The second-order valence-corrected chi connectivity index (χ2v) is 9.48. The fourth-order valence-corrected chi connectivity index (χ4v) is 4.64. The van der Waals surface area contributed by atoms with Crippen molar-refractivity contribution in [2.24, 2.45) is 0 Å². The molecule has 35 heavy (non-hydrogen) atoms. The Morgan fingerprint density at radius 1 is 0.914 bits per heavy atom. The first-order valence-electron chi connectivity index (χ1n) is 12.5. The molecule has 0 saturated carbocycles. The van der Waals surface area contributed by atoms with E-state index in [0.29, 0.717) is 6.54 Å². The second kappa shape index (κ2) is 11.3. The first kappa shape index (κ1) is 24.7. The molecule has 0 saturated heterocycles. The van der Waals surface area contributed by atoms with Crippen LogP contribution in [0.25, 0.3) is 11.0 Å². The van der Waals surface area contributed by atoms with Gasteiger partial charge in [-0.1, -0.05) is 67.1 Å². The van der Waals surface area contributed by atoms with Crippen LogP contribution in [0.5, 0.6) is 0 Å². The number of benzene rings is 3. The molecule has 1 unspecified atom stereocenters. The summed E-state index contributed by atoms with van der Waals surface area (Å²) in [6, 6.07) is 26.5. The third-order valence-electron chi connectivity index (χ3n) is 6.49. The van der Waals surface area contributed by atoms with Crippen molar-refractivity contribution < 1.29 is 4.79 Å². The van der Waals surface area contributed by atoms with E-state index in [9.17, 15) is 4.79 Å². The highest BCUT2D eigenvalue weighted by atomic mass is 16.2. The second-order valence-electron chi connectivity index (χ2n) is 9.48. The summed E-state index contributed by atoms with van der Waals surface area (Å²) in [6.45, 7) is 6.52. The maximum Gasteiger partial charge on any atom is 0.254 e. The molecule has 0 aliphatic carbocycles. The number of imidazole rings is 1. The zero-order valence-electron chi connectivity index (χ0n) is 21.3. The van der Waals surface area contributed by atoms with E-state index >= 15 is 0 Å². The number of hydrogen-bond acceptors (Lipinski definition) is 3. The predicted octanol–water partition coefficient (Wildman–Crippen LogP) is 5.94. The maximum atomic E-state index is 13.9. The summed E-state index contributed by atoms with van der Waals surface area (Å²) in [6.07, 6.45) is 1.69. The van der Waals surface area contributed by atoms with Gasteiger partial charge in [0, 0.05) is 18.7 Å². The van der Waals surface area contributed by atoms with Gasteiger partial charge in [-0.3, -0.25) is 4.79 Å². The molecular formula is C30H36N4O. The molecule has 0 aliphatic heterocycles. The van der Waals surface area contributed by atoms with Crippen LogP contribution in [0, 0.1) is 6.92 Å². The van der Waals surface area contributed by atoms with Gasteiger partial charge in [0.1, 0.15) is 5.82 Å². The number of aryl methyl sites for hydroxylation is 1. The van der Waals surface area contributed by atoms with E-state index in [0.717, 1.165) is 53.9 Å². The molecule has 0 bridgehead atoms. The highest BCUT2D eigenvalue weighted by Gasteiger charge is 2.29. The number of nitrogens with zero attached hydrogens (tertiary/aromatic N) is 4. The van der Waals surface area contributed by atoms with Gasteiger partial charge in [-0.05, 0) is 70.2 Å². The Balaban J connectivity index is 1.77. The van der Waals surface area contributed by atoms with Crippen molar-refractivity contribution >= 4 is 16.9 Å². The van der Waals surface area contributed by atoms with Crippen molar-refractivity contribution in [2.45, 2.75) is 39.3 Å². The molecule has 182 valence electrons. The number of rotatable bonds is 10. The van der Waals surface area contributed by atoms with Crippen LogP contribution in [0.2, 0.25) is 0 Å². The van der Waals surface area contributed by atoms with Crippen molar-refractivity contribution in [3.05, 3.63) is 101 Å². The Morgan fingerprint density at radius 2 is 1.60 bits per heavy atom. The van der Waals surface area contributed by atoms with E-state index in [1.165, 1.54) is 5.56 Å². The van der Waals surface area contributed by atoms with Crippen LogP contribution >= 0.6 is 0 Å². The quantitative estimate of drug-likeness (QED) is 0.289. The molecule has 1 amide bonds. The Morgan fingerprint density at radius 3 is 2.29 bits per heavy atom. The first-order valence-corrected chi connectivity index (χ1v) is 12.5. The minimum Gasteiger partial charge on any atom is -0.328 e. The predicted molar refractivity (Wildman–Crippen MR) is 144 cm³/mol. The molecule has 0 aliphatic rings. The van der Waals surface area contributed by atoms with Crippen LogP contribution in [-0.4, -0.2) is 52.4 Å². The van der Waals surface area contributed by atoms with Crippen molar-refractivity contribution in [3.63, 3.8) is 0 Å². The molecule has 5 heteroatoms. The van der Waals surface area contributed by atoms with Crippen molar-refractivity contribution in [2.75, 3.05) is 27.2 Å². The number of aromatic nitrogens is 2. The monoisotopic (exact) mass is 468 g/mol. The fraction of sp³-hybridized carbons (Fsp3) is 0.333. The van der Waals surface area contributed by atoms with Crippen molar-refractivity contribution in [3.8, 4) is 0 Å². The minimum absolute atomic E-state index is 0.0638. The van der Waals surface area contributed by atoms with Crippen LogP contribution in [0.15, 0.2) is 78.9 Å². The molecule has 4 aromatic rings. The van der Waals surface area contributed by atoms with Gasteiger partial charge in [-0.25, -0.2) is 4.98 Å². The average molecular weight is 469 g/mol. The lowest BCUT2D eigenvalue weighted by molar-refractivity contribution is 0.0651. The summed E-state index contributed by atoms with van der Waals surface area (Å²) in [5, 5.41) is 0. The molecular weight excluding hydrogens is 432 g/mol. The molecule has 3 aromatic carbocycles. The summed E-state index contributed by atoms with van der Waals surface area (Å²) < 4.78 is 2.29. The van der Waals surface area contributed by atoms with Crippen molar-refractivity contribution in [1.29, 1.82) is 0 Å². The first-order chi connectivity index (χ1) is 17.0. The van der Waals surface area contributed by atoms with E-state index < -0.39 is 0 Å². The summed E-state index contributed by atoms with van der Waals surface area (Å²) in [7, 11) is 4.14. The number of fused-ring (bicyclic) bond motifs is 1. The van der Waals surface area contributed by atoms with Crippen LogP contribution in [-0.2, 0) is 6.54 Å². The summed E-state index contributed by atoms with van der Waals surface area (Å²) in [4.78, 5) is 23.2. The topological polar surface area (TPSA) is 41.4 Å². The van der Waals surface area contributed by atoms with Gasteiger partial charge in [0.25, 0.3) is 5.91 Å². The lowest BCUT2D eigenvalue weighted by atomic mass is 10.1. The number of carbonyl (C=O) groups is 1. The average Bonchev–Trinajstić information content (AvgIpc) is 3.22. The molecule has 1 aromatic heterocycles. The van der Waals surface area contributed by atoms with Gasteiger partial charge in [0.05, 0.1) is 17.1 Å². The van der Waals surface area contributed by atoms with Gasteiger partial charge in [-0.2, -0.15) is 0 Å². The van der Waals surface area contributed by atoms with E-state index in [4.69, 9.17) is 4.98 Å². The standard InChI is InChI=1S/C30H36N4O/c1-5-27(33(21-11-20-32(3)4)30(35)25-18-16-23(2)17-19-25)29-31-26-14-9-10-15-28(26)34(29)22-24-12-7-6-8-13-24/h6-10,12-19,27H,5,11,20-22H2,1-4H3. The fourth-order valence-electron chi connectivity index (χ4n) is 4.64. The minimum atomic E-state index is -0.123. The van der Waals surface area contributed by atoms with Gasteiger partial charge in [0.15, 0.2) is 0 Å². The molecule has 5 nitrogen and oxygen atoms in total. The normalized spacial score (nSPS) is 12.3. The Bertz CT molecular complexity index is 1240. The van der Waals surface area contributed by atoms with Gasteiger partial charge >= 0.3 is 0 Å². The zero-order chi connectivity index (χ0) is 24.8. The zero-order valence-corrected chi connectivity index (χ0v) is 21.3. The number of amides is 1. The number of para-hydroxylation sites is 2. The SMILES string of the molecule is CCC(c1nc2ccccc2n1Cc1ccccc1)N(CCCN(C)C)C(=O)c1ccc(C)cc1. The molecule has 0 N–H and O–H groups in total. The summed E-state index contributed by atoms with van der Waals surface area (Å²) in [5.74, 6) is 1.01. The lowest BCUT2D eigenvalue weighted by Crippen LogP contribution is -2.38. The largest absolute Gasteiger partial charge is 0.328 e. The van der Waals surface area contributed by atoms with Gasteiger partial charge in [0.2, 0.25) is 0 Å². The van der Waals surface area contributed by atoms with E-state index in [1.54, 1.807) is 0 Å². The molecule has 4 rings (SSSR count). The Kier molecular flexibility index (Phi) is 7.98. The highest BCUT2D eigenvalue weighted by Crippen LogP contribution is 2.30. The van der Waals surface area contributed by atoms with E-state index in [1.807, 2.05) is 48.2 Å². The number of carbonyl (C=O) groups excluding carboxylic acids is 1. The van der Waals surface area contributed by atoms with Crippen LogP contribution in [0.3, 0.4) is 0 Å². The van der Waals surface area contributed by atoms with Gasteiger partial charge < -0.3 is 14.4 Å². The molecule has 1 atom stereocenters. The van der Waals surface area contributed by atoms with Crippen LogP contribution in [0.1, 0.15) is 53.1 Å². The third-order valence-corrected chi connectivity index (χ3v) is 6.49. The van der Waals surface area contributed by atoms with Crippen molar-refractivity contribution in [1.82, 2.24) is 19.4 Å². The molecule has 0 spiro atoms. The number of hydrogen-bond donors (Lipinski definition) is 0. The molecule has 0 fully saturated rings. The summed E-state index contributed by atoms with van der Waals surface area (Å²) >= 11 is 0. The smallest absolute Gasteiger partial charge is 0.254 e. The maximum absolute atomic E-state index is 13.9. The Hall–Kier alpha value is -3.44. The third kappa shape index (κ3) is 5.80. The Labute approximate surface area is 209 Å². The van der Waals surface area contributed by atoms with Gasteiger partial charge in [-0.15, -0.1) is 0 Å². The summed E-state index contributed by atoms with van der Waals surface area (Å²) in [5.41, 5.74) is 5.16. The van der Waals surface area contributed by atoms with E-state index in [-0.39, 0.29) is 11.9 Å². The van der Waals surface area contributed by atoms with E-state index in [2.05, 4.69) is 73.0 Å². The highest BCUT2D eigenvalue weighted by molar-refractivity contribution is 5.94. The van der Waals surface area contributed by atoms with Crippen LogP contribution < -0.4 is 0 Å². The molecule has 1 heterocycles.